The van der Waals surface area contributed by atoms with Gasteiger partial charge in [0, 0.05) is 30.3 Å². The van der Waals surface area contributed by atoms with Crippen LogP contribution in [0.2, 0.25) is 0 Å². The Morgan fingerprint density at radius 1 is 1.45 bits per heavy atom. The Labute approximate surface area is 120 Å². The number of hydrogen-bond donors (Lipinski definition) is 1. The van der Waals surface area contributed by atoms with Crippen LogP contribution in [0.4, 0.5) is 5.69 Å². The Hall–Kier alpha value is -1.86. The molecule has 20 heavy (non-hydrogen) atoms. The van der Waals surface area contributed by atoms with Gasteiger partial charge in [-0.1, -0.05) is 17.4 Å². The van der Waals surface area contributed by atoms with Crippen LogP contribution in [-0.4, -0.2) is 21.2 Å². The molecule has 0 radical (unpaired) electrons. The molecule has 7 heteroatoms. The van der Waals surface area contributed by atoms with E-state index in [1.54, 1.807) is 12.1 Å². The quantitative estimate of drug-likeness (QED) is 0.676. The van der Waals surface area contributed by atoms with Crippen LogP contribution < -0.4 is 5.32 Å². The second kappa shape index (κ2) is 5.26. The molecule has 0 saturated heterocycles. The highest BCUT2D eigenvalue weighted by Gasteiger charge is 2.21. The fourth-order valence-electron chi connectivity index (χ4n) is 1.91. The van der Waals surface area contributed by atoms with Crippen LogP contribution in [0.3, 0.4) is 0 Å². The van der Waals surface area contributed by atoms with Gasteiger partial charge in [-0.25, -0.2) is 0 Å². The minimum Gasteiger partial charge on any atom is -0.308 e. The van der Waals surface area contributed by atoms with E-state index in [1.165, 1.54) is 30.2 Å². The van der Waals surface area contributed by atoms with Gasteiger partial charge in [-0.2, -0.15) is 0 Å². The zero-order valence-electron chi connectivity index (χ0n) is 11.0. The molecule has 1 N–H and O–H groups in total. The predicted molar refractivity (Wildman–Crippen MR) is 76.6 cm³/mol. The standard InChI is InChI=1S/C13H14N4O2S/c1-8-2-5-10(17(18)19)6-11(8)13-16-15-12(20-13)7-14-9-3-4-9/h2,5-6,9,14H,3-4,7H2,1H3. The summed E-state index contributed by atoms with van der Waals surface area (Å²) in [4.78, 5) is 10.5. The maximum atomic E-state index is 10.8. The average Bonchev–Trinajstić information content (AvgIpc) is 3.14. The van der Waals surface area contributed by atoms with Crippen molar-refractivity contribution in [1.29, 1.82) is 0 Å². The second-order valence-electron chi connectivity index (χ2n) is 4.91. The van der Waals surface area contributed by atoms with E-state index in [2.05, 4.69) is 15.5 Å². The molecular weight excluding hydrogens is 276 g/mol. The van der Waals surface area contributed by atoms with E-state index < -0.39 is 0 Å². The fourth-order valence-corrected chi connectivity index (χ4v) is 2.78. The summed E-state index contributed by atoms with van der Waals surface area (Å²) in [5.74, 6) is 0. The summed E-state index contributed by atoms with van der Waals surface area (Å²) >= 11 is 1.48. The third-order valence-electron chi connectivity index (χ3n) is 3.25. The molecule has 1 fully saturated rings. The molecule has 2 aromatic rings. The smallest absolute Gasteiger partial charge is 0.270 e. The number of aromatic nitrogens is 2. The van der Waals surface area contributed by atoms with E-state index in [4.69, 9.17) is 0 Å². The van der Waals surface area contributed by atoms with E-state index in [1.807, 2.05) is 6.92 Å². The lowest BCUT2D eigenvalue weighted by Gasteiger charge is -2.01. The fraction of sp³-hybridized carbons (Fsp3) is 0.385. The summed E-state index contributed by atoms with van der Waals surface area (Å²) in [6, 6.07) is 5.45. The van der Waals surface area contributed by atoms with Gasteiger partial charge in [-0.15, -0.1) is 10.2 Å². The van der Waals surface area contributed by atoms with Crippen molar-refractivity contribution in [2.75, 3.05) is 0 Å². The third kappa shape index (κ3) is 2.83. The van der Waals surface area contributed by atoms with Crippen molar-refractivity contribution in [2.24, 2.45) is 0 Å². The van der Waals surface area contributed by atoms with Gasteiger partial charge in [0.05, 0.1) is 4.92 Å². The number of hydrogen-bond acceptors (Lipinski definition) is 6. The topological polar surface area (TPSA) is 81.0 Å². The van der Waals surface area contributed by atoms with Gasteiger partial charge in [0.1, 0.15) is 10.0 Å². The summed E-state index contributed by atoms with van der Waals surface area (Å²) in [6.07, 6.45) is 2.46. The molecule has 1 aromatic heterocycles. The first kappa shape index (κ1) is 13.1. The Balaban J connectivity index is 1.83. The normalized spacial score (nSPS) is 14.4. The van der Waals surface area contributed by atoms with Crippen LogP contribution in [-0.2, 0) is 6.54 Å². The molecule has 0 amide bonds. The maximum Gasteiger partial charge on any atom is 0.270 e. The highest BCUT2D eigenvalue weighted by Crippen LogP contribution is 2.30. The van der Waals surface area contributed by atoms with Crippen molar-refractivity contribution >= 4 is 17.0 Å². The largest absolute Gasteiger partial charge is 0.308 e. The van der Waals surface area contributed by atoms with Crippen LogP contribution in [0.1, 0.15) is 23.4 Å². The van der Waals surface area contributed by atoms with Crippen LogP contribution in [0.5, 0.6) is 0 Å². The van der Waals surface area contributed by atoms with Crippen molar-refractivity contribution in [3.05, 3.63) is 38.9 Å². The van der Waals surface area contributed by atoms with Gasteiger partial charge in [-0.3, -0.25) is 10.1 Å². The first-order valence-electron chi connectivity index (χ1n) is 6.44. The second-order valence-corrected chi connectivity index (χ2v) is 5.97. The first-order valence-corrected chi connectivity index (χ1v) is 7.26. The molecule has 0 spiro atoms. The first-order chi connectivity index (χ1) is 9.63. The lowest BCUT2D eigenvalue weighted by molar-refractivity contribution is -0.384. The Kier molecular flexibility index (Phi) is 3.45. The van der Waals surface area contributed by atoms with Crippen molar-refractivity contribution in [3.63, 3.8) is 0 Å². The molecule has 104 valence electrons. The number of nitrogens with zero attached hydrogens (tertiary/aromatic N) is 3. The molecule has 0 atom stereocenters. The van der Waals surface area contributed by atoms with Crippen molar-refractivity contribution in [1.82, 2.24) is 15.5 Å². The van der Waals surface area contributed by atoms with Gasteiger partial charge in [0.25, 0.3) is 5.69 Å². The van der Waals surface area contributed by atoms with E-state index in [9.17, 15) is 10.1 Å². The lowest BCUT2D eigenvalue weighted by atomic mass is 10.1. The number of aryl methyl sites for hydroxylation is 1. The summed E-state index contributed by atoms with van der Waals surface area (Å²) in [5, 5.41) is 24.2. The van der Waals surface area contributed by atoms with Gasteiger partial charge in [-0.05, 0) is 25.3 Å². The van der Waals surface area contributed by atoms with Crippen molar-refractivity contribution < 1.29 is 4.92 Å². The van der Waals surface area contributed by atoms with Crippen LogP contribution in [0.15, 0.2) is 18.2 Å². The van der Waals surface area contributed by atoms with Gasteiger partial charge in [0.2, 0.25) is 0 Å². The molecule has 0 aliphatic heterocycles. The minimum atomic E-state index is -0.389. The average molecular weight is 290 g/mol. The van der Waals surface area contributed by atoms with Gasteiger partial charge >= 0.3 is 0 Å². The van der Waals surface area contributed by atoms with Gasteiger partial charge in [0.15, 0.2) is 0 Å². The predicted octanol–water partition coefficient (Wildman–Crippen LogP) is 2.67. The molecule has 0 bridgehead atoms. The lowest BCUT2D eigenvalue weighted by Crippen LogP contribution is -2.14. The van der Waals surface area contributed by atoms with Crippen LogP contribution in [0, 0.1) is 17.0 Å². The number of non-ortho nitro benzene ring substituents is 1. The zero-order valence-corrected chi connectivity index (χ0v) is 11.8. The van der Waals surface area contributed by atoms with Crippen molar-refractivity contribution in [2.45, 2.75) is 32.4 Å². The Morgan fingerprint density at radius 2 is 2.25 bits per heavy atom. The SMILES string of the molecule is Cc1ccc([N+](=O)[O-])cc1-c1nnc(CNC2CC2)s1. The molecule has 0 unspecified atom stereocenters. The van der Waals surface area contributed by atoms with Gasteiger partial charge < -0.3 is 5.32 Å². The molecule has 1 aliphatic rings. The molecule has 6 nitrogen and oxygen atoms in total. The third-order valence-corrected chi connectivity index (χ3v) is 4.21. The van der Waals surface area contributed by atoms with E-state index in [0.29, 0.717) is 6.04 Å². The van der Waals surface area contributed by atoms with E-state index in [-0.39, 0.29) is 10.6 Å². The monoisotopic (exact) mass is 290 g/mol. The maximum absolute atomic E-state index is 10.8. The number of nitrogens with one attached hydrogen (secondary N) is 1. The Morgan fingerprint density at radius 3 is 2.95 bits per heavy atom. The highest BCUT2D eigenvalue weighted by molar-refractivity contribution is 7.14. The zero-order chi connectivity index (χ0) is 14.1. The van der Waals surface area contributed by atoms with Crippen molar-refractivity contribution in [3.8, 4) is 10.6 Å². The number of rotatable bonds is 5. The summed E-state index contributed by atoms with van der Waals surface area (Å²) in [6.45, 7) is 2.64. The summed E-state index contributed by atoms with van der Waals surface area (Å²) in [7, 11) is 0. The number of nitro groups is 1. The van der Waals surface area contributed by atoms with E-state index >= 15 is 0 Å². The molecule has 1 heterocycles. The molecule has 1 aromatic carbocycles. The van der Waals surface area contributed by atoms with E-state index in [0.717, 1.165) is 27.7 Å². The molecule has 3 rings (SSSR count). The summed E-state index contributed by atoms with van der Waals surface area (Å²) < 4.78 is 0. The van der Waals surface area contributed by atoms with Crippen LogP contribution >= 0.6 is 11.3 Å². The molecular formula is C13H14N4O2S. The molecule has 1 aliphatic carbocycles. The number of benzene rings is 1. The molecule has 1 saturated carbocycles. The number of nitro benzene ring substituents is 1. The minimum absolute atomic E-state index is 0.0819. The highest BCUT2D eigenvalue weighted by atomic mass is 32.1. The Bertz CT molecular complexity index is 652. The van der Waals surface area contributed by atoms with Crippen LogP contribution in [0.25, 0.3) is 10.6 Å². The summed E-state index contributed by atoms with van der Waals surface area (Å²) in [5.41, 5.74) is 1.83.